The van der Waals surface area contributed by atoms with Gasteiger partial charge in [-0.3, -0.25) is 9.67 Å². The van der Waals surface area contributed by atoms with Crippen LogP contribution in [0.5, 0.6) is 0 Å². The summed E-state index contributed by atoms with van der Waals surface area (Å²) in [6, 6.07) is 7.46. The van der Waals surface area contributed by atoms with E-state index in [1.165, 1.54) is 18.2 Å². The molecule has 1 aromatic carbocycles. The minimum atomic E-state index is -0.894. The van der Waals surface area contributed by atoms with Crippen LogP contribution in [0.15, 0.2) is 48.9 Å². The van der Waals surface area contributed by atoms with Crippen LogP contribution >= 0.6 is 0 Å². The largest absolute Gasteiger partial charge is 0.389 e. The third kappa shape index (κ3) is 3.51. The van der Waals surface area contributed by atoms with Gasteiger partial charge in [0.15, 0.2) is 0 Å². The van der Waals surface area contributed by atoms with Crippen molar-refractivity contribution in [1.82, 2.24) is 29.9 Å². The van der Waals surface area contributed by atoms with Crippen molar-refractivity contribution in [2.75, 3.05) is 0 Å². The van der Waals surface area contributed by atoms with E-state index in [2.05, 4.69) is 34.1 Å². The van der Waals surface area contributed by atoms with Gasteiger partial charge in [-0.1, -0.05) is 19.9 Å². The summed E-state index contributed by atoms with van der Waals surface area (Å²) in [6.07, 6.45) is 7.00. The van der Waals surface area contributed by atoms with Gasteiger partial charge in [-0.15, -0.1) is 5.10 Å². The van der Waals surface area contributed by atoms with Crippen LogP contribution in [0.3, 0.4) is 0 Å². The van der Waals surface area contributed by atoms with Crippen molar-refractivity contribution in [2.45, 2.75) is 64.0 Å². The summed E-state index contributed by atoms with van der Waals surface area (Å²) in [5, 5.41) is 23.6. The van der Waals surface area contributed by atoms with E-state index in [1.807, 2.05) is 12.3 Å². The number of aromatic nitrogens is 6. The summed E-state index contributed by atoms with van der Waals surface area (Å²) in [4.78, 5) is 9.54. The molecule has 1 saturated carbocycles. The van der Waals surface area contributed by atoms with Gasteiger partial charge >= 0.3 is 0 Å². The highest BCUT2D eigenvalue weighted by atomic mass is 19.1. The highest BCUT2D eigenvalue weighted by Crippen LogP contribution is 2.69. The Kier molecular flexibility index (Phi) is 5.11. The number of nitrogens with zero attached hydrogens (tertiary/aromatic N) is 6. The highest BCUT2D eigenvalue weighted by molar-refractivity contribution is 5.64. The lowest BCUT2D eigenvalue weighted by Gasteiger charge is -2.37. The number of rotatable bonds is 5. The Morgan fingerprint density at radius 3 is 2.54 bits per heavy atom. The van der Waals surface area contributed by atoms with Gasteiger partial charge in [-0.25, -0.2) is 13.8 Å². The van der Waals surface area contributed by atoms with Crippen molar-refractivity contribution in [2.24, 2.45) is 5.41 Å². The molecular weight excluding hydrogens is 474 g/mol. The lowest BCUT2D eigenvalue weighted by molar-refractivity contribution is 0.0578. The topological polar surface area (TPSA) is 89.6 Å². The lowest BCUT2D eigenvalue weighted by Crippen LogP contribution is -2.38. The fourth-order valence-electron chi connectivity index (χ4n) is 6.43. The van der Waals surface area contributed by atoms with Gasteiger partial charge in [-0.2, -0.15) is 10.2 Å². The first kappa shape index (κ1) is 23.8. The van der Waals surface area contributed by atoms with Gasteiger partial charge in [0.2, 0.25) is 0 Å². The normalized spacial score (nSPS) is 21.9. The van der Waals surface area contributed by atoms with E-state index in [0.717, 1.165) is 29.8 Å². The van der Waals surface area contributed by atoms with Gasteiger partial charge < -0.3 is 5.11 Å². The molecule has 190 valence electrons. The lowest BCUT2D eigenvalue weighted by atomic mass is 9.66. The summed E-state index contributed by atoms with van der Waals surface area (Å²) < 4.78 is 30.7. The van der Waals surface area contributed by atoms with Crippen LogP contribution in [0.25, 0.3) is 22.6 Å². The van der Waals surface area contributed by atoms with Crippen LogP contribution < -0.4 is 0 Å². The first-order valence-corrected chi connectivity index (χ1v) is 12.4. The van der Waals surface area contributed by atoms with Gasteiger partial charge in [0.1, 0.15) is 23.0 Å². The molecule has 1 fully saturated rings. The molecule has 2 atom stereocenters. The van der Waals surface area contributed by atoms with Crippen LogP contribution in [0.4, 0.5) is 8.78 Å². The first-order valence-electron chi connectivity index (χ1n) is 12.4. The van der Waals surface area contributed by atoms with E-state index < -0.39 is 22.7 Å². The van der Waals surface area contributed by atoms with Gasteiger partial charge in [0, 0.05) is 12.4 Å². The number of hydrogen-bond donors (Lipinski definition) is 1. The maximum absolute atomic E-state index is 14.5. The number of fused-ring (bicyclic) bond motifs is 5. The van der Waals surface area contributed by atoms with Crippen molar-refractivity contribution in [1.29, 1.82) is 0 Å². The summed E-state index contributed by atoms with van der Waals surface area (Å²) in [5.41, 5.74) is 2.20. The summed E-state index contributed by atoms with van der Waals surface area (Å²) in [5.74, 6) is -1.18. The molecule has 2 bridgehead atoms. The van der Waals surface area contributed by atoms with Crippen molar-refractivity contribution in [3.8, 4) is 22.6 Å². The maximum Gasteiger partial charge on any atom is 0.135 e. The molecule has 2 aliphatic rings. The van der Waals surface area contributed by atoms with E-state index in [1.54, 1.807) is 37.0 Å². The molecule has 0 unspecified atom stereocenters. The van der Waals surface area contributed by atoms with Crippen LogP contribution in [0, 0.1) is 17.0 Å². The highest BCUT2D eigenvalue weighted by Gasteiger charge is 2.65. The predicted molar refractivity (Wildman–Crippen MR) is 133 cm³/mol. The molecule has 9 heteroatoms. The fourth-order valence-corrected chi connectivity index (χ4v) is 6.43. The fraction of sp³-hybridized carbons (Fsp3) is 0.393. The molecule has 2 aliphatic carbocycles. The summed E-state index contributed by atoms with van der Waals surface area (Å²) in [7, 11) is 0. The summed E-state index contributed by atoms with van der Waals surface area (Å²) in [6.45, 7) is 8.21. The zero-order chi connectivity index (χ0) is 26.2. The van der Waals surface area contributed by atoms with E-state index >= 15 is 0 Å². The Bertz CT molecular complexity index is 1510. The van der Waals surface area contributed by atoms with E-state index in [-0.39, 0.29) is 22.6 Å². The molecule has 0 spiro atoms. The number of hydrogen-bond acceptors (Lipinski definition) is 6. The minimum absolute atomic E-state index is 0.142. The van der Waals surface area contributed by atoms with E-state index in [9.17, 15) is 13.9 Å². The minimum Gasteiger partial charge on any atom is -0.389 e. The molecule has 6 rings (SSSR count). The maximum atomic E-state index is 14.5. The Hall–Kier alpha value is -3.59. The molecular formula is C28H28F2N6O. The Balaban J connectivity index is 1.44. The molecule has 3 heterocycles. The number of aliphatic hydroxyl groups is 1. The zero-order valence-corrected chi connectivity index (χ0v) is 21.2. The van der Waals surface area contributed by atoms with Crippen LogP contribution in [-0.4, -0.2) is 40.7 Å². The zero-order valence-electron chi connectivity index (χ0n) is 21.2. The third-order valence-corrected chi connectivity index (χ3v) is 8.12. The number of halogens is 2. The van der Waals surface area contributed by atoms with Crippen molar-refractivity contribution in [3.63, 3.8) is 0 Å². The van der Waals surface area contributed by atoms with Crippen molar-refractivity contribution < 1.29 is 13.9 Å². The average Bonchev–Trinajstić information content (AvgIpc) is 3.45. The van der Waals surface area contributed by atoms with Gasteiger partial charge in [0.05, 0.1) is 46.4 Å². The second-order valence-corrected chi connectivity index (χ2v) is 11.3. The average molecular weight is 503 g/mol. The Morgan fingerprint density at radius 1 is 1.05 bits per heavy atom. The Morgan fingerprint density at radius 2 is 1.81 bits per heavy atom. The monoisotopic (exact) mass is 502 g/mol. The molecule has 37 heavy (non-hydrogen) atoms. The summed E-state index contributed by atoms with van der Waals surface area (Å²) >= 11 is 0. The third-order valence-electron chi connectivity index (χ3n) is 8.12. The molecule has 0 radical (unpaired) electrons. The molecule has 3 aromatic heterocycles. The molecule has 0 amide bonds. The van der Waals surface area contributed by atoms with Crippen molar-refractivity contribution in [3.05, 3.63) is 77.5 Å². The molecule has 0 aliphatic heterocycles. The van der Waals surface area contributed by atoms with Crippen molar-refractivity contribution >= 4 is 0 Å². The molecule has 1 N–H and O–H groups in total. The van der Waals surface area contributed by atoms with Gasteiger partial charge in [-0.05, 0) is 67.9 Å². The standard InChI is InChI=1S/C28H28F2N6O/c1-26(2,37)15-36-11-9-20(35-36)22-13-31-14-23(32-22)28-10-8-17(27(28,3)4)16-12-21(33-34-25(16)28)24-18(29)6-5-7-19(24)30/h5-7,9,11-14,17,37H,8,10,15H2,1-4H3/t17-,28-/m0/s1. The van der Waals surface area contributed by atoms with Crippen LogP contribution in [-0.2, 0) is 12.0 Å². The Labute approximate surface area is 213 Å². The van der Waals surface area contributed by atoms with Crippen LogP contribution in [0.2, 0.25) is 0 Å². The first-order chi connectivity index (χ1) is 17.5. The predicted octanol–water partition coefficient (Wildman–Crippen LogP) is 5.05. The molecule has 7 nitrogen and oxygen atoms in total. The smallest absolute Gasteiger partial charge is 0.135 e. The number of benzene rings is 1. The van der Waals surface area contributed by atoms with Gasteiger partial charge in [0.25, 0.3) is 0 Å². The molecule has 4 aromatic rings. The second-order valence-electron chi connectivity index (χ2n) is 11.3. The molecule has 0 saturated heterocycles. The van der Waals surface area contributed by atoms with Crippen LogP contribution in [0.1, 0.15) is 63.4 Å². The van der Waals surface area contributed by atoms with E-state index in [4.69, 9.17) is 4.98 Å². The second kappa shape index (κ2) is 7.95. The van der Waals surface area contributed by atoms with E-state index in [0.29, 0.717) is 17.9 Å². The quantitative estimate of drug-likeness (QED) is 0.411. The SMILES string of the molecule is CC(C)(O)Cn1ccc(-c2cncc([C@@]34CC[C@@H](c5cc(-c6c(F)cccc6F)nnc53)C4(C)C)n2)n1.